The van der Waals surface area contributed by atoms with Crippen LogP contribution in [0.25, 0.3) is 0 Å². The third-order valence-corrected chi connectivity index (χ3v) is 4.29. The maximum absolute atomic E-state index is 11.3. The van der Waals surface area contributed by atoms with Gasteiger partial charge in [-0.05, 0) is 18.8 Å². The monoisotopic (exact) mass is 235 g/mol. The van der Waals surface area contributed by atoms with Gasteiger partial charge in [0.2, 0.25) is 5.91 Å². The smallest absolute Gasteiger partial charge is 0.220 e. The number of aliphatic hydroxyl groups excluding tert-OH is 1. The second kappa shape index (κ2) is 5.46. The highest BCUT2D eigenvalue weighted by molar-refractivity contribution is 7.91. The molecule has 1 rings (SSSR count). The van der Waals surface area contributed by atoms with E-state index in [4.69, 9.17) is 5.11 Å². The van der Waals surface area contributed by atoms with Crippen molar-refractivity contribution in [3.8, 4) is 0 Å². The van der Waals surface area contributed by atoms with Gasteiger partial charge in [-0.2, -0.15) is 0 Å². The van der Waals surface area contributed by atoms with Crippen LogP contribution in [0.3, 0.4) is 0 Å². The molecule has 0 aromatic rings. The molecular formula is C9H17NO4S. The predicted octanol–water partition coefficient (Wildman–Crippen LogP) is -0.690. The number of aliphatic hydroxyl groups is 1. The van der Waals surface area contributed by atoms with Gasteiger partial charge in [-0.25, -0.2) is 8.42 Å². The quantitative estimate of drug-likeness (QED) is 0.618. The minimum atomic E-state index is -2.89. The maximum atomic E-state index is 11.3. The van der Waals surface area contributed by atoms with E-state index in [1.807, 2.05) is 0 Å². The zero-order valence-electron chi connectivity index (χ0n) is 8.61. The summed E-state index contributed by atoms with van der Waals surface area (Å²) >= 11 is 0. The summed E-state index contributed by atoms with van der Waals surface area (Å²) in [4.78, 5) is 11.3. The molecule has 1 aliphatic heterocycles. The third-order valence-electron chi connectivity index (χ3n) is 2.46. The van der Waals surface area contributed by atoms with Crippen molar-refractivity contribution >= 4 is 15.7 Å². The van der Waals surface area contributed by atoms with Crippen molar-refractivity contribution in [3.05, 3.63) is 0 Å². The Kier molecular flexibility index (Phi) is 4.53. The van der Waals surface area contributed by atoms with Gasteiger partial charge in [-0.1, -0.05) is 0 Å². The molecule has 1 saturated heterocycles. The number of hydrogen-bond donors (Lipinski definition) is 2. The first kappa shape index (κ1) is 12.4. The summed E-state index contributed by atoms with van der Waals surface area (Å²) in [5.41, 5.74) is 0. The third kappa shape index (κ3) is 4.61. The molecule has 0 bridgehead atoms. The molecule has 5 nitrogen and oxygen atoms in total. The Morgan fingerprint density at radius 2 is 2.20 bits per heavy atom. The van der Waals surface area contributed by atoms with Crippen molar-refractivity contribution in [2.24, 2.45) is 5.92 Å². The number of carbonyl (C=O) groups is 1. The van der Waals surface area contributed by atoms with Gasteiger partial charge in [-0.15, -0.1) is 0 Å². The van der Waals surface area contributed by atoms with Gasteiger partial charge in [0, 0.05) is 19.6 Å². The average Bonchev–Trinajstić information content (AvgIpc) is 2.46. The Morgan fingerprint density at radius 3 is 2.73 bits per heavy atom. The Labute approximate surface area is 89.8 Å². The van der Waals surface area contributed by atoms with E-state index in [1.165, 1.54) is 0 Å². The molecule has 2 N–H and O–H groups in total. The first-order valence-corrected chi connectivity index (χ1v) is 6.93. The van der Waals surface area contributed by atoms with Crippen molar-refractivity contribution in [3.63, 3.8) is 0 Å². The van der Waals surface area contributed by atoms with E-state index in [1.54, 1.807) is 0 Å². The van der Waals surface area contributed by atoms with Gasteiger partial charge >= 0.3 is 0 Å². The fourth-order valence-electron chi connectivity index (χ4n) is 1.67. The molecular weight excluding hydrogens is 218 g/mol. The van der Waals surface area contributed by atoms with Crippen molar-refractivity contribution < 1.29 is 18.3 Å². The van der Waals surface area contributed by atoms with Crippen molar-refractivity contribution in [1.29, 1.82) is 0 Å². The number of nitrogens with one attached hydrogen (secondary N) is 1. The van der Waals surface area contributed by atoms with E-state index in [9.17, 15) is 13.2 Å². The normalized spacial score (nSPS) is 23.9. The fraction of sp³-hybridized carbons (Fsp3) is 0.889. The molecule has 1 fully saturated rings. The minimum Gasteiger partial charge on any atom is -0.396 e. The topological polar surface area (TPSA) is 83.5 Å². The van der Waals surface area contributed by atoms with E-state index in [0.29, 0.717) is 19.4 Å². The molecule has 1 amide bonds. The summed E-state index contributed by atoms with van der Waals surface area (Å²) in [6.45, 7) is 0.507. The fourth-order valence-corrected chi connectivity index (χ4v) is 3.54. The van der Waals surface area contributed by atoms with Crippen molar-refractivity contribution in [2.45, 2.75) is 19.3 Å². The Bertz CT molecular complexity index is 312. The van der Waals surface area contributed by atoms with Crippen molar-refractivity contribution in [2.75, 3.05) is 24.7 Å². The van der Waals surface area contributed by atoms with Crippen LogP contribution >= 0.6 is 0 Å². The molecule has 15 heavy (non-hydrogen) atoms. The van der Waals surface area contributed by atoms with Crippen LogP contribution in [0.4, 0.5) is 0 Å². The van der Waals surface area contributed by atoms with Crippen LogP contribution in [0, 0.1) is 5.92 Å². The summed E-state index contributed by atoms with van der Waals surface area (Å²) in [7, 11) is -2.89. The van der Waals surface area contributed by atoms with E-state index in [-0.39, 0.29) is 36.4 Å². The second-order valence-corrected chi connectivity index (χ2v) is 6.13. The van der Waals surface area contributed by atoms with Crippen LogP contribution < -0.4 is 5.32 Å². The van der Waals surface area contributed by atoms with Crippen LogP contribution in [0.1, 0.15) is 19.3 Å². The molecule has 0 aliphatic carbocycles. The molecule has 0 aromatic carbocycles. The van der Waals surface area contributed by atoms with Gasteiger partial charge in [0.1, 0.15) is 0 Å². The standard InChI is InChI=1S/C9H17NO4S/c11-4-1-3-10-9(12)6-8-2-5-15(13,14)7-8/h8,11H,1-7H2,(H,10,12). The zero-order chi connectivity index (χ0) is 11.3. The van der Waals surface area contributed by atoms with Crippen LogP contribution in [0.2, 0.25) is 0 Å². The Morgan fingerprint density at radius 1 is 1.47 bits per heavy atom. The predicted molar refractivity (Wildman–Crippen MR) is 56.1 cm³/mol. The lowest BCUT2D eigenvalue weighted by molar-refractivity contribution is -0.121. The van der Waals surface area contributed by atoms with E-state index >= 15 is 0 Å². The Hall–Kier alpha value is -0.620. The summed E-state index contributed by atoms with van der Waals surface area (Å²) in [5, 5.41) is 11.1. The number of sulfone groups is 1. The van der Waals surface area contributed by atoms with Gasteiger partial charge in [-0.3, -0.25) is 4.79 Å². The molecule has 1 atom stereocenters. The SMILES string of the molecule is O=C(CC1CCS(=O)(=O)C1)NCCCO. The first-order chi connectivity index (χ1) is 7.03. The highest BCUT2D eigenvalue weighted by atomic mass is 32.2. The lowest BCUT2D eigenvalue weighted by Gasteiger charge is -2.07. The molecule has 88 valence electrons. The molecule has 1 heterocycles. The van der Waals surface area contributed by atoms with Crippen LogP contribution in [0.15, 0.2) is 0 Å². The zero-order valence-corrected chi connectivity index (χ0v) is 9.42. The summed E-state index contributed by atoms with van der Waals surface area (Å²) in [6.07, 6.45) is 1.41. The molecule has 0 aromatic heterocycles. The summed E-state index contributed by atoms with van der Waals surface area (Å²) < 4.78 is 22.2. The van der Waals surface area contributed by atoms with Gasteiger partial charge in [0.05, 0.1) is 11.5 Å². The van der Waals surface area contributed by atoms with Crippen LogP contribution in [0.5, 0.6) is 0 Å². The number of amides is 1. The molecule has 1 unspecified atom stereocenters. The lowest BCUT2D eigenvalue weighted by atomic mass is 10.1. The molecule has 1 aliphatic rings. The molecule has 0 saturated carbocycles. The summed E-state index contributed by atoms with van der Waals surface area (Å²) in [6, 6.07) is 0. The van der Waals surface area contributed by atoms with Crippen LogP contribution in [-0.2, 0) is 14.6 Å². The maximum Gasteiger partial charge on any atom is 0.220 e. The lowest BCUT2D eigenvalue weighted by Crippen LogP contribution is -2.27. The minimum absolute atomic E-state index is 0.0240. The second-order valence-electron chi connectivity index (χ2n) is 3.90. The molecule has 6 heteroatoms. The average molecular weight is 235 g/mol. The largest absolute Gasteiger partial charge is 0.396 e. The molecule has 0 radical (unpaired) electrons. The van der Waals surface area contributed by atoms with E-state index in [0.717, 1.165) is 0 Å². The van der Waals surface area contributed by atoms with Crippen molar-refractivity contribution in [1.82, 2.24) is 5.32 Å². The number of carbonyl (C=O) groups excluding carboxylic acids is 1. The number of rotatable bonds is 5. The summed E-state index contributed by atoms with van der Waals surface area (Å²) in [5.74, 6) is 0.205. The number of hydrogen-bond acceptors (Lipinski definition) is 4. The first-order valence-electron chi connectivity index (χ1n) is 5.11. The Balaban J connectivity index is 2.22. The van der Waals surface area contributed by atoms with E-state index < -0.39 is 9.84 Å². The highest BCUT2D eigenvalue weighted by Gasteiger charge is 2.29. The van der Waals surface area contributed by atoms with Gasteiger partial charge < -0.3 is 10.4 Å². The van der Waals surface area contributed by atoms with E-state index in [2.05, 4.69) is 5.32 Å². The highest BCUT2D eigenvalue weighted by Crippen LogP contribution is 2.21. The van der Waals surface area contributed by atoms with Crippen LogP contribution in [-0.4, -0.2) is 44.1 Å². The van der Waals surface area contributed by atoms with Gasteiger partial charge in [0.25, 0.3) is 0 Å². The molecule has 0 spiro atoms. The van der Waals surface area contributed by atoms with Gasteiger partial charge in [0.15, 0.2) is 9.84 Å².